The highest BCUT2D eigenvalue weighted by Gasteiger charge is 2.32. The average molecular weight is 290 g/mol. The molecule has 2 rings (SSSR count). The highest BCUT2D eigenvalue weighted by molar-refractivity contribution is 5.81. The molecule has 0 bridgehead atoms. The number of hydrogen-bond acceptors (Lipinski definition) is 3. The maximum atomic E-state index is 12.0. The van der Waals surface area contributed by atoms with Crippen LogP contribution in [0.15, 0.2) is 30.3 Å². The summed E-state index contributed by atoms with van der Waals surface area (Å²) in [6.45, 7) is 2.51. The summed E-state index contributed by atoms with van der Waals surface area (Å²) in [6, 6.07) is 9.16. The van der Waals surface area contributed by atoms with Crippen molar-refractivity contribution in [3.63, 3.8) is 0 Å². The first-order chi connectivity index (χ1) is 9.98. The van der Waals surface area contributed by atoms with E-state index in [0.717, 1.165) is 31.2 Å². The molecule has 0 saturated heterocycles. The van der Waals surface area contributed by atoms with Gasteiger partial charge in [-0.25, -0.2) is 0 Å². The molecule has 1 aromatic carbocycles. The van der Waals surface area contributed by atoms with Crippen molar-refractivity contribution in [2.24, 2.45) is 11.7 Å². The molecule has 0 aliphatic heterocycles. The van der Waals surface area contributed by atoms with Gasteiger partial charge in [-0.15, -0.1) is 0 Å². The van der Waals surface area contributed by atoms with Gasteiger partial charge in [-0.1, -0.05) is 37.3 Å². The fourth-order valence-electron chi connectivity index (χ4n) is 2.82. The smallest absolute Gasteiger partial charge is 0.237 e. The van der Waals surface area contributed by atoms with Crippen molar-refractivity contribution in [1.82, 2.24) is 5.32 Å². The molecule has 0 unspecified atom stereocenters. The van der Waals surface area contributed by atoms with E-state index in [2.05, 4.69) is 12.2 Å². The lowest BCUT2D eigenvalue weighted by atomic mass is 9.79. The number of rotatable bonds is 5. The Morgan fingerprint density at radius 3 is 2.62 bits per heavy atom. The number of hydrogen-bond donors (Lipinski definition) is 3. The topological polar surface area (TPSA) is 75.3 Å². The lowest BCUT2D eigenvalue weighted by Crippen LogP contribution is -2.50. The number of aliphatic hydroxyl groups is 1. The summed E-state index contributed by atoms with van der Waals surface area (Å²) in [7, 11) is 0. The molecular formula is C17H26N2O2. The SMILES string of the molecule is CC1CCC(O)(CNC(=O)[C@H](N)Cc2ccccc2)CC1. The van der Waals surface area contributed by atoms with Crippen LogP contribution in [0.25, 0.3) is 0 Å². The Bertz CT molecular complexity index is 453. The van der Waals surface area contributed by atoms with Crippen LogP contribution in [-0.2, 0) is 11.2 Å². The first-order valence-electron chi connectivity index (χ1n) is 7.78. The van der Waals surface area contributed by atoms with E-state index < -0.39 is 11.6 Å². The van der Waals surface area contributed by atoms with Crippen LogP contribution in [0.1, 0.15) is 38.2 Å². The van der Waals surface area contributed by atoms with Gasteiger partial charge in [-0.3, -0.25) is 4.79 Å². The zero-order valence-electron chi connectivity index (χ0n) is 12.7. The fourth-order valence-corrected chi connectivity index (χ4v) is 2.82. The van der Waals surface area contributed by atoms with Crippen molar-refractivity contribution in [2.45, 2.75) is 50.7 Å². The van der Waals surface area contributed by atoms with Crippen LogP contribution in [0.5, 0.6) is 0 Å². The second kappa shape index (κ2) is 7.05. The Morgan fingerprint density at radius 2 is 2.00 bits per heavy atom. The van der Waals surface area contributed by atoms with Crippen LogP contribution in [0.2, 0.25) is 0 Å². The van der Waals surface area contributed by atoms with Gasteiger partial charge < -0.3 is 16.2 Å². The van der Waals surface area contributed by atoms with Gasteiger partial charge >= 0.3 is 0 Å². The van der Waals surface area contributed by atoms with E-state index in [1.54, 1.807) is 0 Å². The Balaban J connectivity index is 1.78. The van der Waals surface area contributed by atoms with Gasteiger partial charge in [0, 0.05) is 6.54 Å². The Morgan fingerprint density at radius 1 is 1.38 bits per heavy atom. The molecule has 4 heteroatoms. The van der Waals surface area contributed by atoms with Crippen LogP contribution in [0.4, 0.5) is 0 Å². The predicted octanol–water partition coefficient (Wildman–Crippen LogP) is 1.61. The van der Waals surface area contributed by atoms with Gasteiger partial charge in [0.25, 0.3) is 0 Å². The lowest BCUT2D eigenvalue weighted by molar-refractivity contribution is -0.124. The van der Waals surface area contributed by atoms with E-state index in [1.807, 2.05) is 30.3 Å². The molecule has 0 spiro atoms. The number of nitrogens with one attached hydrogen (secondary N) is 1. The summed E-state index contributed by atoms with van der Waals surface area (Å²) < 4.78 is 0. The molecule has 1 aromatic rings. The summed E-state index contributed by atoms with van der Waals surface area (Å²) in [5, 5.41) is 13.3. The molecule has 4 N–H and O–H groups in total. The maximum Gasteiger partial charge on any atom is 0.237 e. The second-order valence-corrected chi connectivity index (χ2v) is 6.42. The van der Waals surface area contributed by atoms with Crippen LogP contribution in [0.3, 0.4) is 0 Å². The van der Waals surface area contributed by atoms with Crippen molar-refractivity contribution in [3.05, 3.63) is 35.9 Å². The first-order valence-corrected chi connectivity index (χ1v) is 7.78. The van der Waals surface area contributed by atoms with Gasteiger partial charge in [-0.05, 0) is 43.6 Å². The van der Waals surface area contributed by atoms with Crippen molar-refractivity contribution in [2.75, 3.05) is 6.54 Å². The monoisotopic (exact) mass is 290 g/mol. The van der Waals surface area contributed by atoms with Gasteiger partial charge in [0.15, 0.2) is 0 Å². The zero-order valence-corrected chi connectivity index (χ0v) is 12.7. The molecule has 0 radical (unpaired) electrons. The van der Waals surface area contributed by atoms with Crippen LogP contribution < -0.4 is 11.1 Å². The summed E-state index contributed by atoms with van der Waals surface area (Å²) in [5.74, 6) is 0.479. The van der Waals surface area contributed by atoms with Crippen molar-refractivity contribution in [1.29, 1.82) is 0 Å². The number of nitrogens with two attached hydrogens (primary N) is 1. The Kier molecular flexibility index (Phi) is 5.37. The predicted molar refractivity (Wildman–Crippen MR) is 83.7 cm³/mol. The van der Waals surface area contributed by atoms with E-state index in [9.17, 15) is 9.90 Å². The molecule has 0 aromatic heterocycles. The second-order valence-electron chi connectivity index (χ2n) is 6.42. The van der Waals surface area contributed by atoms with Crippen molar-refractivity contribution >= 4 is 5.91 Å². The van der Waals surface area contributed by atoms with Crippen molar-refractivity contribution < 1.29 is 9.90 Å². The van der Waals surface area contributed by atoms with Crippen LogP contribution in [-0.4, -0.2) is 29.2 Å². The van der Waals surface area contributed by atoms with Gasteiger partial charge in [0.2, 0.25) is 5.91 Å². The maximum absolute atomic E-state index is 12.0. The highest BCUT2D eigenvalue weighted by atomic mass is 16.3. The quantitative estimate of drug-likeness (QED) is 0.771. The third kappa shape index (κ3) is 4.83. The number of amides is 1. The van der Waals surface area contributed by atoms with Gasteiger partial charge in [0.05, 0.1) is 11.6 Å². The van der Waals surface area contributed by atoms with E-state index in [0.29, 0.717) is 18.9 Å². The zero-order chi connectivity index (χ0) is 15.3. The summed E-state index contributed by atoms with van der Waals surface area (Å²) in [5.41, 5.74) is 6.23. The minimum absolute atomic E-state index is 0.189. The highest BCUT2D eigenvalue weighted by Crippen LogP contribution is 2.31. The molecule has 4 nitrogen and oxygen atoms in total. The average Bonchev–Trinajstić information content (AvgIpc) is 2.49. The molecule has 1 fully saturated rings. The first kappa shape index (κ1) is 16.0. The molecule has 1 atom stereocenters. The molecule has 1 saturated carbocycles. The Hall–Kier alpha value is -1.39. The fraction of sp³-hybridized carbons (Fsp3) is 0.588. The lowest BCUT2D eigenvalue weighted by Gasteiger charge is -2.35. The largest absolute Gasteiger partial charge is 0.388 e. The summed E-state index contributed by atoms with van der Waals surface area (Å²) >= 11 is 0. The molecule has 1 aliphatic rings. The third-order valence-electron chi connectivity index (χ3n) is 4.43. The van der Waals surface area contributed by atoms with Gasteiger partial charge in [-0.2, -0.15) is 0 Å². The van der Waals surface area contributed by atoms with Gasteiger partial charge in [0.1, 0.15) is 0 Å². The van der Waals surface area contributed by atoms with E-state index in [4.69, 9.17) is 5.73 Å². The summed E-state index contributed by atoms with van der Waals surface area (Å²) in [4.78, 5) is 12.0. The van der Waals surface area contributed by atoms with E-state index in [-0.39, 0.29) is 5.91 Å². The van der Waals surface area contributed by atoms with E-state index >= 15 is 0 Å². The number of carbonyl (C=O) groups is 1. The molecule has 21 heavy (non-hydrogen) atoms. The minimum atomic E-state index is -0.755. The van der Waals surface area contributed by atoms with E-state index in [1.165, 1.54) is 0 Å². The molecular weight excluding hydrogens is 264 g/mol. The minimum Gasteiger partial charge on any atom is -0.388 e. The molecule has 116 valence electrons. The van der Waals surface area contributed by atoms with Crippen LogP contribution in [0, 0.1) is 5.92 Å². The van der Waals surface area contributed by atoms with Crippen molar-refractivity contribution in [3.8, 4) is 0 Å². The molecule has 0 heterocycles. The third-order valence-corrected chi connectivity index (χ3v) is 4.43. The Labute approximate surface area is 126 Å². The van der Waals surface area contributed by atoms with Crippen LogP contribution >= 0.6 is 0 Å². The summed E-state index contributed by atoms with van der Waals surface area (Å²) in [6.07, 6.45) is 4.05. The number of carbonyl (C=O) groups excluding carboxylic acids is 1. The normalized spacial score (nSPS) is 27.1. The molecule has 1 amide bonds. The molecule has 1 aliphatic carbocycles. The number of benzene rings is 1. The standard InChI is InChI=1S/C17H26N2O2/c1-13-7-9-17(21,10-8-13)12-19-16(20)15(18)11-14-5-3-2-4-6-14/h2-6,13,15,21H,7-12,18H2,1H3,(H,19,20)/t13?,15-,17?/m1/s1.